The molecule has 16 heavy (non-hydrogen) atoms. The lowest BCUT2D eigenvalue weighted by Crippen LogP contribution is -2.41. The predicted octanol–water partition coefficient (Wildman–Crippen LogP) is 2.15. The molecular formula is C13H26N2O. The van der Waals surface area contributed by atoms with Crippen LogP contribution in [0.1, 0.15) is 52.4 Å². The van der Waals surface area contributed by atoms with Gasteiger partial charge in [-0.2, -0.15) is 0 Å². The van der Waals surface area contributed by atoms with Gasteiger partial charge in [0.05, 0.1) is 0 Å². The minimum absolute atomic E-state index is 0.0694. The van der Waals surface area contributed by atoms with Crippen LogP contribution < -0.4 is 5.73 Å². The zero-order chi connectivity index (χ0) is 12.2. The van der Waals surface area contributed by atoms with Crippen LogP contribution in [-0.2, 0) is 4.79 Å². The van der Waals surface area contributed by atoms with Crippen molar-refractivity contribution in [3.8, 4) is 0 Å². The molecule has 1 saturated carbocycles. The van der Waals surface area contributed by atoms with E-state index in [4.69, 9.17) is 5.73 Å². The molecule has 1 rings (SSSR count). The third kappa shape index (κ3) is 3.78. The minimum Gasteiger partial charge on any atom is -0.343 e. The Morgan fingerprint density at radius 1 is 1.31 bits per heavy atom. The maximum atomic E-state index is 12.1. The highest BCUT2D eigenvalue weighted by atomic mass is 16.2. The monoisotopic (exact) mass is 226 g/mol. The number of nitrogens with zero attached hydrogens (tertiary/aromatic N) is 1. The number of hydrogen-bond donors (Lipinski definition) is 1. The lowest BCUT2D eigenvalue weighted by Gasteiger charge is -2.33. The van der Waals surface area contributed by atoms with E-state index in [0.717, 1.165) is 0 Å². The molecule has 0 atom stereocenters. The molecule has 0 aliphatic heterocycles. The highest BCUT2D eigenvalue weighted by Crippen LogP contribution is 2.25. The van der Waals surface area contributed by atoms with E-state index >= 15 is 0 Å². The molecule has 0 saturated heterocycles. The second-order valence-electron chi connectivity index (χ2n) is 5.84. The van der Waals surface area contributed by atoms with Crippen molar-refractivity contribution >= 4 is 5.91 Å². The largest absolute Gasteiger partial charge is 0.343 e. The molecule has 0 spiro atoms. The van der Waals surface area contributed by atoms with Gasteiger partial charge in [0.25, 0.3) is 0 Å². The lowest BCUT2D eigenvalue weighted by atomic mass is 9.88. The highest BCUT2D eigenvalue weighted by Gasteiger charge is 2.26. The summed E-state index contributed by atoms with van der Waals surface area (Å²) in [6, 6.07) is 0.467. The van der Waals surface area contributed by atoms with E-state index in [9.17, 15) is 4.79 Å². The van der Waals surface area contributed by atoms with E-state index in [1.165, 1.54) is 32.1 Å². The van der Waals surface area contributed by atoms with Gasteiger partial charge in [-0.3, -0.25) is 4.79 Å². The smallest absolute Gasteiger partial charge is 0.223 e. The van der Waals surface area contributed by atoms with Crippen LogP contribution in [0, 0.1) is 5.41 Å². The zero-order valence-corrected chi connectivity index (χ0v) is 11.0. The molecule has 0 unspecified atom stereocenters. The Morgan fingerprint density at radius 2 is 1.88 bits per heavy atom. The van der Waals surface area contributed by atoms with Crippen LogP contribution in [0.25, 0.3) is 0 Å². The van der Waals surface area contributed by atoms with Crippen molar-refractivity contribution in [1.29, 1.82) is 0 Å². The molecule has 3 nitrogen and oxygen atoms in total. The standard InChI is InChI=1S/C13H26N2O/c1-13(2,10-14)9-12(16)15(3)11-7-5-4-6-8-11/h11H,4-10,14H2,1-3H3. The fourth-order valence-corrected chi connectivity index (χ4v) is 2.28. The normalized spacial score (nSPS) is 18.5. The summed E-state index contributed by atoms with van der Waals surface area (Å²) in [5.74, 6) is 0.252. The molecule has 0 radical (unpaired) electrons. The van der Waals surface area contributed by atoms with Crippen molar-refractivity contribution in [2.75, 3.05) is 13.6 Å². The Balaban J connectivity index is 2.46. The molecule has 1 aliphatic carbocycles. The van der Waals surface area contributed by atoms with Crippen LogP contribution >= 0.6 is 0 Å². The molecule has 2 N–H and O–H groups in total. The van der Waals surface area contributed by atoms with Crippen LogP contribution in [-0.4, -0.2) is 30.4 Å². The van der Waals surface area contributed by atoms with Crippen molar-refractivity contribution in [2.24, 2.45) is 11.1 Å². The number of nitrogens with two attached hydrogens (primary N) is 1. The van der Waals surface area contributed by atoms with Gasteiger partial charge in [-0.05, 0) is 24.8 Å². The third-order valence-electron chi connectivity index (χ3n) is 3.70. The fraction of sp³-hybridized carbons (Fsp3) is 0.923. The van der Waals surface area contributed by atoms with Crippen molar-refractivity contribution in [3.05, 3.63) is 0 Å². The van der Waals surface area contributed by atoms with Crippen LogP contribution in [0.3, 0.4) is 0 Å². The number of carbonyl (C=O) groups is 1. The molecule has 0 aromatic rings. The Bertz CT molecular complexity index is 232. The molecule has 1 fully saturated rings. The molecule has 1 aliphatic rings. The van der Waals surface area contributed by atoms with Crippen LogP contribution in [0.5, 0.6) is 0 Å². The van der Waals surface area contributed by atoms with E-state index in [0.29, 0.717) is 19.0 Å². The van der Waals surface area contributed by atoms with E-state index in [-0.39, 0.29) is 11.3 Å². The summed E-state index contributed by atoms with van der Waals surface area (Å²) < 4.78 is 0. The Hall–Kier alpha value is -0.570. The summed E-state index contributed by atoms with van der Waals surface area (Å²) in [5.41, 5.74) is 5.59. The molecule has 3 heteroatoms. The first-order valence-corrected chi connectivity index (χ1v) is 6.42. The zero-order valence-electron chi connectivity index (χ0n) is 11.0. The number of rotatable bonds is 4. The summed E-state index contributed by atoms with van der Waals surface area (Å²) in [4.78, 5) is 14.0. The molecule has 0 bridgehead atoms. The quantitative estimate of drug-likeness (QED) is 0.798. The van der Waals surface area contributed by atoms with Gasteiger partial charge in [0.1, 0.15) is 0 Å². The van der Waals surface area contributed by atoms with Gasteiger partial charge in [0.15, 0.2) is 0 Å². The SMILES string of the molecule is CN(C(=O)CC(C)(C)CN)C1CCCCC1. The number of carbonyl (C=O) groups excluding carboxylic acids is 1. The third-order valence-corrected chi connectivity index (χ3v) is 3.70. The molecule has 94 valence electrons. The second-order valence-corrected chi connectivity index (χ2v) is 5.84. The number of amides is 1. The molecule has 0 aromatic carbocycles. The molecular weight excluding hydrogens is 200 g/mol. The lowest BCUT2D eigenvalue weighted by molar-refractivity contribution is -0.134. The average Bonchev–Trinajstić information content (AvgIpc) is 2.28. The molecule has 1 amide bonds. The second kappa shape index (κ2) is 5.67. The van der Waals surface area contributed by atoms with E-state index in [1.54, 1.807) is 0 Å². The average molecular weight is 226 g/mol. The van der Waals surface area contributed by atoms with Crippen LogP contribution in [0.2, 0.25) is 0 Å². The van der Waals surface area contributed by atoms with E-state index in [1.807, 2.05) is 11.9 Å². The Kier molecular flexibility index (Phi) is 4.78. The Morgan fingerprint density at radius 3 is 2.38 bits per heavy atom. The summed E-state index contributed by atoms with van der Waals surface area (Å²) in [6.45, 7) is 4.68. The van der Waals surface area contributed by atoms with Gasteiger partial charge >= 0.3 is 0 Å². The maximum Gasteiger partial charge on any atom is 0.223 e. The first-order chi connectivity index (χ1) is 7.46. The summed E-state index contributed by atoms with van der Waals surface area (Å²) in [5, 5.41) is 0. The predicted molar refractivity (Wildman–Crippen MR) is 67.1 cm³/mol. The highest BCUT2D eigenvalue weighted by molar-refractivity contribution is 5.77. The first kappa shape index (κ1) is 13.5. The van der Waals surface area contributed by atoms with Gasteiger partial charge < -0.3 is 10.6 Å². The Labute approximate surface area is 99.4 Å². The molecule has 0 heterocycles. The molecule has 0 aromatic heterocycles. The van der Waals surface area contributed by atoms with Crippen LogP contribution in [0.4, 0.5) is 0 Å². The van der Waals surface area contributed by atoms with Gasteiger partial charge in [0, 0.05) is 19.5 Å². The minimum atomic E-state index is -0.0694. The maximum absolute atomic E-state index is 12.1. The van der Waals surface area contributed by atoms with Gasteiger partial charge in [0.2, 0.25) is 5.91 Å². The van der Waals surface area contributed by atoms with Crippen LogP contribution in [0.15, 0.2) is 0 Å². The topological polar surface area (TPSA) is 46.3 Å². The van der Waals surface area contributed by atoms with Crippen molar-refractivity contribution in [3.63, 3.8) is 0 Å². The van der Waals surface area contributed by atoms with Gasteiger partial charge in [-0.15, -0.1) is 0 Å². The first-order valence-electron chi connectivity index (χ1n) is 6.42. The van der Waals surface area contributed by atoms with Gasteiger partial charge in [-0.1, -0.05) is 33.1 Å². The van der Waals surface area contributed by atoms with E-state index < -0.39 is 0 Å². The van der Waals surface area contributed by atoms with Crippen molar-refractivity contribution < 1.29 is 4.79 Å². The van der Waals surface area contributed by atoms with Crippen molar-refractivity contribution in [1.82, 2.24) is 4.90 Å². The summed E-state index contributed by atoms with van der Waals surface area (Å²) in [6.07, 6.45) is 6.77. The van der Waals surface area contributed by atoms with Gasteiger partial charge in [-0.25, -0.2) is 0 Å². The van der Waals surface area contributed by atoms with Crippen molar-refractivity contribution in [2.45, 2.75) is 58.4 Å². The summed E-state index contributed by atoms with van der Waals surface area (Å²) >= 11 is 0. The van der Waals surface area contributed by atoms with E-state index in [2.05, 4.69) is 13.8 Å². The summed E-state index contributed by atoms with van der Waals surface area (Å²) in [7, 11) is 1.95. The number of hydrogen-bond acceptors (Lipinski definition) is 2. The fourth-order valence-electron chi connectivity index (χ4n) is 2.28.